The maximum atomic E-state index is 13.7. The van der Waals surface area contributed by atoms with Gasteiger partial charge >= 0.3 is 0 Å². The van der Waals surface area contributed by atoms with Gasteiger partial charge in [0.15, 0.2) is 11.5 Å². The van der Waals surface area contributed by atoms with Crippen molar-refractivity contribution in [1.82, 2.24) is 9.21 Å². The van der Waals surface area contributed by atoms with Crippen molar-refractivity contribution in [2.24, 2.45) is 0 Å². The van der Waals surface area contributed by atoms with E-state index in [-0.39, 0.29) is 49.9 Å². The molecule has 37 heavy (non-hydrogen) atoms. The van der Waals surface area contributed by atoms with Gasteiger partial charge in [-0.25, -0.2) is 8.42 Å². The molecule has 11 heteroatoms. The largest absolute Gasteiger partial charge is 0.467 e. The normalized spacial score (nSPS) is 16.9. The number of benzene rings is 2. The van der Waals surface area contributed by atoms with Crippen LogP contribution in [-0.2, 0) is 32.6 Å². The van der Waals surface area contributed by atoms with Crippen molar-refractivity contribution >= 4 is 27.5 Å². The molecule has 0 aliphatic carbocycles. The fourth-order valence-corrected chi connectivity index (χ4v) is 5.90. The number of rotatable bonds is 10. The molecule has 5 rings (SSSR count). The summed E-state index contributed by atoms with van der Waals surface area (Å²) in [6, 6.07) is 14.9. The Labute approximate surface area is 220 Å². The van der Waals surface area contributed by atoms with Crippen LogP contribution in [0.1, 0.15) is 24.2 Å². The standard InChI is InChI=1S/C26H27ClN2O7S/c27-20-6-8-23(9-7-20)37(31,32)29(16-22-4-2-12-34-22)17-26(30)28(15-21-3-1-11-33-21)14-19-5-10-24-25(13-19)36-18-35-24/h1,3,5-11,13,22H,2,4,12,14-18H2. The lowest BCUT2D eigenvalue weighted by Crippen LogP contribution is -2.45. The highest BCUT2D eigenvalue weighted by Crippen LogP contribution is 2.33. The van der Waals surface area contributed by atoms with Crippen molar-refractivity contribution in [2.45, 2.75) is 36.9 Å². The van der Waals surface area contributed by atoms with E-state index < -0.39 is 10.0 Å². The second kappa shape index (κ2) is 11.1. The molecular weight excluding hydrogens is 520 g/mol. The van der Waals surface area contributed by atoms with Crippen molar-refractivity contribution in [3.8, 4) is 11.5 Å². The smallest absolute Gasteiger partial charge is 0.243 e. The first-order valence-electron chi connectivity index (χ1n) is 11.9. The zero-order chi connectivity index (χ0) is 25.8. The zero-order valence-corrected chi connectivity index (χ0v) is 21.6. The van der Waals surface area contributed by atoms with Crippen molar-refractivity contribution in [1.29, 1.82) is 0 Å². The first-order chi connectivity index (χ1) is 17.9. The molecule has 196 valence electrons. The summed E-state index contributed by atoms with van der Waals surface area (Å²) < 4.78 is 50.4. The van der Waals surface area contributed by atoms with Gasteiger partial charge in [0, 0.05) is 24.7 Å². The lowest BCUT2D eigenvalue weighted by molar-refractivity contribution is -0.133. The summed E-state index contributed by atoms with van der Waals surface area (Å²) in [4.78, 5) is 15.3. The Morgan fingerprint density at radius 3 is 2.57 bits per heavy atom. The fraction of sp³-hybridized carbons (Fsp3) is 0.346. The molecule has 0 bridgehead atoms. The van der Waals surface area contributed by atoms with E-state index in [2.05, 4.69) is 0 Å². The number of furan rings is 1. The Kier molecular flexibility index (Phi) is 7.71. The highest BCUT2D eigenvalue weighted by Gasteiger charge is 2.32. The molecule has 1 unspecified atom stereocenters. The summed E-state index contributed by atoms with van der Waals surface area (Å²) in [5.41, 5.74) is 0.815. The summed E-state index contributed by atoms with van der Waals surface area (Å²) >= 11 is 5.97. The Hall–Kier alpha value is -3.05. The molecule has 3 aromatic rings. The van der Waals surface area contributed by atoms with Crippen LogP contribution in [0.3, 0.4) is 0 Å². The van der Waals surface area contributed by atoms with Crippen LogP contribution in [0.25, 0.3) is 0 Å². The molecule has 2 aliphatic heterocycles. The minimum Gasteiger partial charge on any atom is -0.467 e. The first kappa shape index (κ1) is 25.6. The summed E-state index contributed by atoms with van der Waals surface area (Å²) in [5.74, 6) is 1.46. The van der Waals surface area contributed by atoms with Gasteiger partial charge in [0.1, 0.15) is 5.76 Å². The highest BCUT2D eigenvalue weighted by molar-refractivity contribution is 7.89. The van der Waals surface area contributed by atoms with E-state index in [0.717, 1.165) is 18.4 Å². The van der Waals surface area contributed by atoms with Crippen molar-refractivity contribution in [2.75, 3.05) is 26.5 Å². The molecule has 2 aliphatic rings. The van der Waals surface area contributed by atoms with Gasteiger partial charge in [-0.2, -0.15) is 4.31 Å². The second-order valence-corrected chi connectivity index (χ2v) is 11.3. The van der Waals surface area contributed by atoms with Crippen LogP contribution in [-0.4, -0.2) is 56.1 Å². The Morgan fingerprint density at radius 2 is 1.84 bits per heavy atom. The number of hydrogen-bond donors (Lipinski definition) is 0. The Bertz CT molecular complexity index is 1320. The highest BCUT2D eigenvalue weighted by atomic mass is 35.5. The Balaban J connectivity index is 1.40. The maximum absolute atomic E-state index is 13.7. The lowest BCUT2D eigenvalue weighted by atomic mass is 10.2. The molecule has 3 heterocycles. The molecule has 2 aromatic carbocycles. The zero-order valence-electron chi connectivity index (χ0n) is 20.0. The van der Waals surface area contributed by atoms with Gasteiger partial charge in [0.25, 0.3) is 0 Å². The number of carbonyl (C=O) groups is 1. The average molecular weight is 547 g/mol. The number of ether oxygens (including phenoxy) is 3. The van der Waals surface area contributed by atoms with E-state index in [0.29, 0.717) is 28.9 Å². The first-order valence-corrected chi connectivity index (χ1v) is 13.8. The quantitative estimate of drug-likeness (QED) is 0.378. The van der Waals surface area contributed by atoms with Crippen LogP contribution in [0, 0.1) is 0 Å². The van der Waals surface area contributed by atoms with Gasteiger partial charge in [0.05, 0.1) is 30.4 Å². The predicted molar refractivity (Wildman–Crippen MR) is 135 cm³/mol. The molecular formula is C26H27ClN2O7S. The number of carbonyl (C=O) groups excluding carboxylic acids is 1. The number of nitrogens with zero attached hydrogens (tertiary/aromatic N) is 2. The summed E-state index contributed by atoms with van der Waals surface area (Å²) in [6.07, 6.45) is 2.84. The average Bonchev–Trinajstić information content (AvgIpc) is 3.66. The molecule has 1 aromatic heterocycles. The second-order valence-electron chi connectivity index (χ2n) is 8.90. The summed E-state index contributed by atoms with van der Waals surface area (Å²) in [5, 5.41) is 0.425. The molecule has 0 spiro atoms. The third-order valence-electron chi connectivity index (χ3n) is 6.28. The third-order valence-corrected chi connectivity index (χ3v) is 8.36. The number of hydrogen-bond acceptors (Lipinski definition) is 7. The monoisotopic (exact) mass is 546 g/mol. The summed E-state index contributed by atoms with van der Waals surface area (Å²) in [7, 11) is -3.99. The van der Waals surface area contributed by atoms with E-state index >= 15 is 0 Å². The van der Waals surface area contributed by atoms with Crippen LogP contribution < -0.4 is 9.47 Å². The molecule has 1 saturated heterocycles. The number of halogens is 1. The molecule has 0 saturated carbocycles. The van der Waals surface area contributed by atoms with E-state index in [1.807, 2.05) is 12.1 Å². The molecule has 1 fully saturated rings. The number of amides is 1. The number of sulfonamides is 1. The Morgan fingerprint density at radius 1 is 1.03 bits per heavy atom. The van der Waals surface area contributed by atoms with Crippen LogP contribution in [0.5, 0.6) is 11.5 Å². The topological polar surface area (TPSA) is 98.5 Å². The minimum absolute atomic E-state index is 0.0658. The minimum atomic E-state index is -3.99. The molecule has 0 radical (unpaired) electrons. The van der Waals surface area contributed by atoms with Gasteiger partial charge in [-0.15, -0.1) is 0 Å². The van der Waals surface area contributed by atoms with E-state index in [4.69, 9.17) is 30.2 Å². The van der Waals surface area contributed by atoms with Crippen molar-refractivity contribution in [3.63, 3.8) is 0 Å². The molecule has 1 atom stereocenters. The van der Waals surface area contributed by atoms with E-state index in [1.165, 1.54) is 34.8 Å². The third kappa shape index (κ3) is 6.10. The van der Waals surface area contributed by atoms with Crippen LogP contribution in [0.2, 0.25) is 5.02 Å². The van der Waals surface area contributed by atoms with Gasteiger partial charge in [-0.05, 0) is 66.9 Å². The van der Waals surface area contributed by atoms with Gasteiger partial charge in [-0.3, -0.25) is 4.79 Å². The number of fused-ring (bicyclic) bond motifs is 1. The van der Waals surface area contributed by atoms with Gasteiger partial charge in [-0.1, -0.05) is 17.7 Å². The lowest BCUT2D eigenvalue weighted by Gasteiger charge is -2.28. The summed E-state index contributed by atoms with van der Waals surface area (Å²) in [6.45, 7) is 0.849. The van der Waals surface area contributed by atoms with Crippen LogP contribution in [0.15, 0.2) is 70.2 Å². The SMILES string of the molecule is O=C(CN(CC1CCCO1)S(=O)(=O)c1ccc(Cl)cc1)N(Cc1ccc2c(c1)OCO2)Cc1ccco1. The van der Waals surface area contributed by atoms with E-state index in [1.54, 1.807) is 23.1 Å². The van der Waals surface area contributed by atoms with Crippen molar-refractivity contribution < 1.29 is 31.8 Å². The maximum Gasteiger partial charge on any atom is 0.243 e. The van der Waals surface area contributed by atoms with Crippen molar-refractivity contribution in [3.05, 3.63) is 77.2 Å². The predicted octanol–water partition coefficient (Wildman–Crippen LogP) is 4.06. The molecule has 1 amide bonds. The van der Waals surface area contributed by atoms with E-state index in [9.17, 15) is 13.2 Å². The molecule has 0 N–H and O–H groups in total. The van der Waals surface area contributed by atoms with Crippen LogP contribution >= 0.6 is 11.6 Å². The van der Waals surface area contributed by atoms with Crippen LogP contribution in [0.4, 0.5) is 0 Å². The fourth-order valence-electron chi connectivity index (χ4n) is 4.35. The molecule has 9 nitrogen and oxygen atoms in total. The van der Waals surface area contributed by atoms with Gasteiger partial charge < -0.3 is 23.5 Å². The van der Waals surface area contributed by atoms with Gasteiger partial charge in [0.2, 0.25) is 22.7 Å².